The van der Waals surface area contributed by atoms with Crippen molar-refractivity contribution in [1.82, 2.24) is 4.90 Å². The minimum Gasteiger partial charge on any atom is -0.481 e. The summed E-state index contributed by atoms with van der Waals surface area (Å²) in [6, 6.07) is 10.0. The number of ether oxygens (including phenoxy) is 3. The van der Waals surface area contributed by atoms with E-state index in [0.29, 0.717) is 52.7 Å². The summed E-state index contributed by atoms with van der Waals surface area (Å²) >= 11 is 12.0. The number of fused-ring (bicyclic) bond motifs is 1. The Morgan fingerprint density at radius 3 is 2.70 bits per heavy atom. The van der Waals surface area contributed by atoms with Crippen LogP contribution in [0.5, 0.6) is 11.5 Å². The molecule has 2 aliphatic heterocycles. The van der Waals surface area contributed by atoms with Crippen molar-refractivity contribution < 1.29 is 23.8 Å². The minimum atomic E-state index is -0.799. The highest BCUT2D eigenvalue weighted by Crippen LogP contribution is 2.35. The number of rotatable bonds is 7. The van der Waals surface area contributed by atoms with E-state index in [4.69, 9.17) is 37.4 Å². The summed E-state index contributed by atoms with van der Waals surface area (Å²) in [5, 5.41) is 3.62. The average Bonchev–Trinajstić information content (AvgIpc) is 2.81. The molecule has 0 aromatic heterocycles. The van der Waals surface area contributed by atoms with Gasteiger partial charge in [-0.2, -0.15) is 0 Å². The van der Waals surface area contributed by atoms with Crippen LogP contribution in [0.2, 0.25) is 10.0 Å². The number of anilines is 2. The first-order valence-electron chi connectivity index (χ1n) is 10.7. The quantitative estimate of drug-likeness (QED) is 0.635. The van der Waals surface area contributed by atoms with Gasteiger partial charge in [-0.05, 0) is 37.3 Å². The van der Waals surface area contributed by atoms with Crippen LogP contribution in [0, 0.1) is 0 Å². The SMILES string of the molecule is CC(Oc1ccc(Cl)cc1Cl)C(=O)Nc1ccc2c(c1)OCC(=O)N2CCN1CCOCC1. The van der Waals surface area contributed by atoms with E-state index in [0.717, 1.165) is 19.6 Å². The maximum atomic E-state index is 12.6. The second kappa shape index (κ2) is 10.6. The van der Waals surface area contributed by atoms with Gasteiger partial charge in [0.2, 0.25) is 0 Å². The van der Waals surface area contributed by atoms with Gasteiger partial charge in [0.25, 0.3) is 11.8 Å². The van der Waals surface area contributed by atoms with Crippen molar-refractivity contribution in [2.75, 3.05) is 56.2 Å². The summed E-state index contributed by atoms with van der Waals surface area (Å²) in [7, 11) is 0. The number of morpholine rings is 1. The maximum absolute atomic E-state index is 12.6. The van der Waals surface area contributed by atoms with Crippen LogP contribution in [0.15, 0.2) is 36.4 Å². The summed E-state index contributed by atoms with van der Waals surface area (Å²) in [5.41, 5.74) is 1.23. The van der Waals surface area contributed by atoms with Crippen molar-refractivity contribution in [3.8, 4) is 11.5 Å². The number of carbonyl (C=O) groups is 2. The highest BCUT2D eigenvalue weighted by Gasteiger charge is 2.27. The fourth-order valence-electron chi connectivity index (χ4n) is 3.65. The van der Waals surface area contributed by atoms with E-state index >= 15 is 0 Å². The molecule has 2 aromatic carbocycles. The second-order valence-electron chi connectivity index (χ2n) is 7.79. The standard InChI is InChI=1S/C23H25Cl2N3O5/c1-15(33-20-5-2-16(24)12-18(20)25)23(30)26-17-3-4-19-21(13-17)32-14-22(29)28(19)7-6-27-8-10-31-11-9-27/h2-5,12-13,15H,6-11,14H2,1H3,(H,26,30). The third-order valence-electron chi connectivity index (χ3n) is 5.48. The summed E-state index contributed by atoms with van der Waals surface area (Å²) in [6.45, 7) is 6.05. The molecule has 2 amide bonds. The Bertz CT molecular complexity index is 1030. The number of benzene rings is 2. The number of hydrogen-bond acceptors (Lipinski definition) is 6. The molecule has 2 heterocycles. The van der Waals surface area contributed by atoms with E-state index in [9.17, 15) is 9.59 Å². The fraction of sp³-hybridized carbons (Fsp3) is 0.391. The smallest absolute Gasteiger partial charge is 0.265 e. The molecule has 1 unspecified atom stereocenters. The van der Waals surface area contributed by atoms with E-state index in [-0.39, 0.29) is 18.4 Å². The summed E-state index contributed by atoms with van der Waals surface area (Å²) < 4.78 is 16.7. The molecular weight excluding hydrogens is 469 g/mol. The van der Waals surface area contributed by atoms with Crippen LogP contribution in [-0.4, -0.2) is 68.8 Å². The molecule has 8 nitrogen and oxygen atoms in total. The Hall–Kier alpha value is -2.52. The molecule has 1 atom stereocenters. The molecule has 1 fully saturated rings. The fourth-order valence-corrected chi connectivity index (χ4v) is 4.11. The summed E-state index contributed by atoms with van der Waals surface area (Å²) in [5.74, 6) is 0.474. The summed E-state index contributed by atoms with van der Waals surface area (Å²) in [4.78, 5) is 29.1. The highest BCUT2D eigenvalue weighted by atomic mass is 35.5. The first-order valence-corrected chi connectivity index (χ1v) is 11.5. The maximum Gasteiger partial charge on any atom is 0.265 e. The average molecular weight is 494 g/mol. The Morgan fingerprint density at radius 1 is 1.15 bits per heavy atom. The van der Waals surface area contributed by atoms with E-state index in [1.165, 1.54) is 0 Å². The molecule has 176 valence electrons. The predicted molar refractivity (Wildman–Crippen MR) is 127 cm³/mol. The highest BCUT2D eigenvalue weighted by molar-refractivity contribution is 6.35. The van der Waals surface area contributed by atoms with Gasteiger partial charge in [0.15, 0.2) is 12.7 Å². The van der Waals surface area contributed by atoms with Gasteiger partial charge >= 0.3 is 0 Å². The third kappa shape index (κ3) is 5.89. The molecule has 0 spiro atoms. The second-order valence-corrected chi connectivity index (χ2v) is 8.64. The predicted octanol–water partition coefficient (Wildman–Crippen LogP) is 3.46. The number of hydrogen-bond donors (Lipinski definition) is 1. The molecule has 4 rings (SSSR count). The molecule has 0 radical (unpaired) electrons. The molecule has 33 heavy (non-hydrogen) atoms. The molecule has 1 N–H and O–H groups in total. The monoisotopic (exact) mass is 493 g/mol. The van der Waals surface area contributed by atoms with Gasteiger partial charge in [0.1, 0.15) is 11.5 Å². The van der Waals surface area contributed by atoms with Gasteiger partial charge < -0.3 is 24.4 Å². The van der Waals surface area contributed by atoms with Crippen LogP contribution in [0.3, 0.4) is 0 Å². The van der Waals surface area contributed by atoms with E-state index < -0.39 is 6.10 Å². The molecule has 10 heteroatoms. The number of nitrogens with one attached hydrogen (secondary N) is 1. The molecule has 0 aliphatic carbocycles. The van der Waals surface area contributed by atoms with Crippen molar-refractivity contribution >= 4 is 46.4 Å². The first-order chi connectivity index (χ1) is 15.9. The van der Waals surface area contributed by atoms with Crippen molar-refractivity contribution in [2.24, 2.45) is 0 Å². The molecular formula is C23H25Cl2N3O5. The normalized spacial score (nSPS) is 17.2. The van der Waals surface area contributed by atoms with Gasteiger partial charge in [-0.25, -0.2) is 0 Å². The zero-order chi connectivity index (χ0) is 23.4. The van der Waals surface area contributed by atoms with Crippen LogP contribution in [-0.2, 0) is 14.3 Å². The zero-order valence-electron chi connectivity index (χ0n) is 18.2. The third-order valence-corrected chi connectivity index (χ3v) is 6.01. The lowest BCUT2D eigenvalue weighted by Crippen LogP contribution is -2.45. The van der Waals surface area contributed by atoms with Crippen molar-refractivity contribution in [3.05, 3.63) is 46.4 Å². The van der Waals surface area contributed by atoms with Crippen LogP contribution in [0.25, 0.3) is 0 Å². The van der Waals surface area contributed by atoms with Crippen LogP contribution >= 0.6 is 23.2 Å². The molecule has 2 aromatic rings. The number of amides is 2. The zero-order valence-corrected chi connectivity index (χ0v) is 19.7. The topological polar surface area (TPSA) is 80.3 Å². The molecule has 0 bridgehead atoms. The van der Waals surface area contributed by atoms with Crippen LogP contribution in [0.4, 0.5) is 11.4 Å². The summed E-state index contributed by atoms with van der Waals surface area (Å²) in [6.07, 6.45) is -0.799. The van der Waals surface area contributed by atoms with Gasteiger partial charge in [0, 0.05) is 43.0 Å². The van der Waals surface area contributed by atoms with Gasteiger partial charge in [-0.1, -0.05) is 23.2 Å². The van der Waals surface area contributed by atoms with Gasteiger partial charge in [0.05, 0.1) is 23.9 Å². The molecule has 1 saturated heterocycles. The molecule has 0 saturated carbocycles. The van der Waals surface area contributed by atoms with Crippen molar-refractivity contribution in [1.29, 1.82) is 0 Å². The Labute approximate surface area is 202 Å². The van der Waals surface area contributed by atoms with Crippen LogP contribution in [0.1, 0.15) is 6.92 Å². The first kappa shape index (κ1) is 23.6. The molecule has 2 aliphatic rings. The number of carbonyl (C=O) groups excluding carboxylic acids is 2. The minimum absolute atomic E-state index is 0.0396. The Balaban J connectivity index is 1.39. The van der Waals surface area contributed by atoms with Gasteiger partial charge in [-0.3, -0.25) is 14.5 Å². The number of nitrogens with zero attached hydrogens (tertiary/aromatic N) is 2. The number of halogens is 2. The van der Waals surface area contributed by atoms with E-state index in [2.05, 4.69) is 10.2 Å². The Morgan fingerprint density at radius 2 is 1.94 bits per heavy atom. The lowest BCUT2D eigenvalue weighted by Gasteiger charge is -2.33. The largest absolute Gasteiger partial charge is 0.481 e. The Kier molecular flexibility index (Phi) is 7.60. The van der Waals surface area contributed by atoms with Crippen LogP contribution < -0.4 is 19.7 Å². The van der Waals surface area contributed by atoms with Crippen molar-refractivity contribution in [2.45, 2.75) is 13.0 Å². The lowest BCUT2D eigenvalue weighted by molar-refractivity contribution is -0.122. The van der Waals surface area contributed by atoms with E-state index in [1.54, 1.807) is 48.2 Å². The van der Waals surface area contributed by atoms with E-state index in [1.807, 2.05) is 0 Å². The lowest BCUT2D eigenvalue weighted by atomic mass is 10.2. The van der Waals surface area contributed by atoms with Gasteiger partial charge in [-0.15, -0.1) is 0 Å². The van der Waals surface area contributed by atoms with Crippen molar-refractivity contribution in [3.63, 3.8) is 0 Å².